The fourth-order valence-electron chi connectivity index (χ4n) is 2.67. The van der Waals surface area contributed by atoms with E-state index in [-0.39, 0.29) is 11.9 Å². The Morgan fingerprint density at radius 1 is 1.04 bits per heavy atom. The normalized spacial score (nSPS) is 13.2. The van der Waals surface area contributed by atoms with E-state index >= 15 is 0 Å². The molecule has 2 aromatic carbocycles. The zero-order chi connectivity index (χ0) is 17.9. The zero-order valence-corrected chi connectivity index (χ0v) is 15.6. The highest BCUT2D eigenvalue weighted by Crippen LogP contribution is 2.22. The van der Waals surface area contributed by atoms with E-state index in [1.165, 1.54) is 11.1 Å². The summed E-state index contributed by atoms with van der Waals surface area (Å²) in [5.74, 6) is 0.494. The van der Waals surface area contributed by atoms with Crippen LogP contribution in [0, 0.1) is 20.8 Å². The van der Waals surface area contributed by atoms with Crippen molar-refractivity contribution in [3.05, 3.63) is 63.7 Å². The Morgan fingerprint density at radius 2 is 1.75 bits per heavy atom. The summed E-state index contributed by atoms with van der Waals surface area (Å²) in [5.41, 5.74) is 4.42. The molecule has 0 aliphatic carbocycles. The van der Waals surface area contributed by atoms with Crippen LogP contribution in [0.3, 0.4) is 0 Å². The molecule has 0 fully saturated rings. The molecule has 2 rings (SSSR count). The topological polar surface area (TPSA) is 38.3 Å². The highest BCUT2D eigenvalue weighted by atomic mass is 35.5. The van der Waals surface area contributed by atoms with Crippen LogP contribution in [0.25, 0.3) is 0 Å². The third kappa shape index (κ3) is 4.51. The van der Waals surface area contributed by atoms with Gasteiger partial charge in [-0.3, -0.25) is 4.79 Å². The summed E-state index contributed by atoms with van der Waals surface area (Å²) < 4.78 is 5.73. The van der Waals surface area contributed by atoms with Gasteiger partial charge in [-0.1, -0.05) is 35.4 Å². The smallest absolute Gasteiger partial charge is 0.261 e. The number of halogens is 1. The van der Waals surface area contributed by atoms with Gasteiger partial charge in [0, 0.05) is 5.02 Å². The van der Waals surface area contributed by atoms with E-state index < -0.39 is 6.10 Å². The first kappa shape index (κ1) is 18.3. The van der Waals surface area contributed by atoms with Gasteiger partial charge in [0.1, 0.15) is 5.75 Å². The Balaban J connectivity index is 2.01. The minimum absolute atomic E-state index is 0.0731. The highest BCUT2D eigenvalue weighted by Gasteiger charge is 2.18. The Morgan fingerprint density at radius 3 is 2.38 bits per heavy atom. The van der Waals surface area contributed by atoms with Crippen LogP contribution in [-0.4, -0.2) is 12.0 Å². The van der Waals surface area contributed by atoms with Crippen LogP contribution in [0.2, 0.25) is 5.02 Å². The van der Waals surface area contributed by atoms with E-state index in [4.69, 9.17) is 16.3 Å². The second kappa shape index (κ2) is 7.71. The molecule has 0 unspecified atom stereocenters. The molecule has 3 nitrogen and oxygen atoms in total. The predicted octanol–water partition coefficient (Wildman–Crippen LogP) is 4.91. The number of aryl methyl sites for hydroxylation is 3. The third-order valence-electron chi connectivity index (χ3n) is 4.06. The SMILES string of the molecule is Cc1ccc([C@H](C)NC(=O)[C@@H](C)Oc2ccc(Cl)c(C)c2)c(C)c1. The van der Waals surface area contributed by atoms with Gasteiger partial charge < -0.3 is 10.1 Å². The monoisotopic (exact) mass is 345 g/mol. The number of hydrogen-bond donors (Lipinski definition) is 1. The summed E-state index contributed by atoms with van der Waals surface area (Å²) in [6.45, 7) is 9.75. The molecular formula is C20H24ClNO2. The average molecular weight is 346 g/mol. The maximum Gasteiger partial charge on any atom is 0.261 e. The second-order valence-electron chi connectivity index (χ2n) is 6.26. The number of carbonyl (C=O) groups is 1. The minimum Gasteiger partial charge on any atom is -0.481 e. The largest absolute Gasteiger partial charge is 0.481 e. The third-order valence-corrected chi connectivity index (χ3v) is 4.49. The molecule has 4 heteroatoms. The van der Waals surface area contributed by atoms with Crippen molar-refractivity contribution >= 4 is 17.5 Å². The van der Waals surface area contributed by atoms with Crippen LogP contribution in [0.1, 0.15) is 42.1 Å². The maximum atomic E-state index is 12.4. The van der Waals surface area contributed by atoms with Gasteiger partial charge in [-0.25, -0.2) is 0 Å². The van der Waals surface area contributed by atoms with E-state index in [0.717, 1.165) is 11.1 Å². The van der Waals surface area contributed by atoms with E-state index in [0.29, 0.717) is 10.8 Å². The number of benzene rings is 2. The van der Waals surface area contributed by atoms with Crippen molar-refractivity contribution in [2.24, 2.45) is 0 Å². The van der Waals surface area contributed by atoms with Crippen LogP contribution in [0.4, 0.5) is 0 Å². The van der Waals surface area contributed by atoms with Crippen LogP contribution in [0.5, 0.6) is 5.75 Å². The number of hydrogen-bond acceptors (Lipinski definition) is 2. The molecule has 0 aliphatic heterocycles. The van der Waals surface area contributed by atoms with Crippen LogP contribution < -0.4 is 10.1 Å². The quantitative estimate of drug-likeness (QED) is 0.836. The summed E-state index contributed by atoms with van der Waals surface area (Å²) in [7, 11) is 0. The van der Waals surface area contributed by atoms with Gasteiger partial charge in [-0.15, -0.1) is 0 Å². The van der Waals surface area contributed by atoms with E-state index in [2.05, 4.69) is 37.4 Å². The van der Waals surface area contributed by atoms with Crippen molar-refractivity contribution in [3.8, 4) is 5.75 Å². The van der Waals surface area contributed by atoms with Crippen molar-refractivity contribution in [1.82, 2.24) is 5.32 Å². The van der Waals surface area contributed by atoms with Gasteiger partial charge in [-0.2, -0.15) is 0 Å². The zero-order valence-electron chi connectivity index (χ0n) is 14.8. The molecule has 0 heterocycles. The molecular weight excluding hydrogens is 322 g/mol. The highest BCUT2D eigenvalue weighted by molar-refractivity contribution is 6.31. The molecule has 1 amide bonds. The van der Waals surface area contributed by atoms with Crippen molar-refractivity contribution in [2.45, 2.75) is 46.8 Å². The first-order valence-corrected chi connectivity index (χ1v) is 8.46. The predicted molar refractivity (Wildman–Crippen MR) is 98.8 cm³/mol. The lowest BCUT2D eigenvalue weighted by Crippen LogP contribution is -2.38. The number of carbonyl (C=O) groups excluding carboxylic acids is 1. The van der Waals surface area contributed by atoms with Crippen LogP contribution in [-0.2, 0) is 4.79 Å². The van der Waals surface area contributed by atoms with Crippen molar-refractivity contribution in [2.75, 3.05) is 0 Å². The molecule has 1 N–H and O–H groups in total. The molecule has 0 saturated carbocycles. The maximum absolute atomic E-state index is 12.4. The Bertz CT molecular complexity index is 742. The lowest BCUT2D eigenvalue weighted by atomic mass is 10.0. The van der Waals surface area contributed by atoms with E-state index in [9.17, 15) is 4.79 Å². The van der Waals surface area contributed by atoms with Gasteiger partial charge in [0.2, 0.25) is 0 Å². The van der Waals surface area contributed by atoms with Crippen molar-refractivity contribution < 1.29 is 9.53 Å². The molecule has 128 valence electrons. The molecule has 0 saturated heterocycles. The number of rotatable bonds is 5. The van der Waals surface area contributed by atoms with E-state index in [1.54, 1.807) is 19.1 Å². The summed E-state index contributed by atoms with van der Waals surface area (Å²) in [6, 6.07) is 11.5. The minimum atomic E-state index is -0.584. The Hall–Kier alpha value is -2.00. The first-order valence-electron chi connectivity index (χ1n) is 8.08. The molecule has 0 aromatic heterocycles. The number of ether oxygens (including phenoxy) is 1. The van der Waals surface area contributed by atoms with Gasteiger partial charge in [0.15, 0.2) is 6.10 Å². The van der Waals surface area contributed by atoms with Gasteiger partial charge in [0.05, 0.1) is 6.04 Å². The average Bonchev–Trinajstić information content (AvgIpc) is 2.50. The standard InChI is InChI=1S/C20H24ClNO2/c1-12-6-8-18(13(2)10-12)15(4)22-20(23)16(5)24-17-7-9-19(21)14(3)11-17/h6-11,15-16H,1-5H3,(H,22,23)/t15-,16+/m0/s1. The summed E-state index contributed by atoms with van der Waals surface area (Å²) in [6.07, 6.45) is -0.584. The summed E-state index contributed by atoms with van der Waals surface area (Å²) in [5, 5.41) is 3.70. The van der Waals surface area contributed by atoms with Crippen LogP contribution >= 0.6 is 11.6 Å². The lowest BCUT2D eigenvalue weighted by Gasteiger charge is -2.20. The second-order valence-corrected chi connectivity index (χ2v) is 6.67. The van der Waals surface area contributed by atoms with Gasteiger partial charge in [-0.05, 0) is 69.5 Å². The molecule has 0 spiro atoms. The van der Waals surface area contributed by atoms with Gasteiger partial charge >= 0.3 is 0 Å². The number of amides is 1. The lowest BCUT2D eigenvalue weighted by molar-refractivity contribution is -0.127. The Kier molecular flexibility index (Phi) is 5.89. The Labute approximate surface area is 149 Å². The fourth-order valence-corrected chi connectivity index (χ4v) is 2.79. The molecule has 0 bridgehead atoms. The molecule has 0 aliphatic rings. The summed E-state index contributed by atoms with van der Waals surface area (Å²) >= 11 is 6.01. The first-order chi connectivity index (χ1) is 11.3. The molecule has 2 aromatic rings. The van der Waals surface area contributed by atoms with E-state index in [1.807, 2.05) is 19.9 Å². The molecule has 24 heavy (non-hydrogen) atoms. The molecule has 2 atom stereocenters. The van der Waals surface area contributed by atoms with Crippen molar-refractivity contribution in [1.29, 1.82) is 0 Å². The summed E-state index contributed by atoms with van der Waals surface area (Å²) in [4.78, 5) is 12.4. The van der Waals surface area contributed by atoms with Crippen LogP contribution in [0.15, 0.2) is 36.4 Å². The molecule has 0 radical (unpaired) electrons. The fraction of sp³-hybridized carbons (Fsp3) is 0.350. The van der Waals surface area contributed by atoms with Gasteiger partial charge in [0.25, 0.3) is 5.91 Å². The number of nitrogens with one attached hydrogen (secondary N) is 1. The van der Waals surface area contributed by atoms with Crippen molar-refractivity contribution in [3.63, 3.8) is 0 Å².